The number of nitrogens with one attached hydrogen (secondary N) is 1. The quantitative estimate of drug-likeness (QED) is 0.727. The van der Waals surface area contributed by atoms with Crippen LogP contribution in [0.4, 0.5) is 0 Å². The third-order valence-corrected chi connectivity index (χ3v) is 2.23. The molecule has 1 amide bonds. The van der Waals surface area contributed by atoms with Crippen molar-refractivity contribution in [2.45, 2.75) is 47.5 Å². The van der Waals surface area contributed by atoms with E-state index >= 15 is 0 Å². The maximum atomic E-state index is 11.5. The lowest BCUT2D eigenvalue weighted by atomic mass is 9.84. The Morgan fingerprint density at radius 1 is 1.29 bits per heavy atom. The number of amides is 1. The highest BCUT2D eigenvalue weighted by Crippen LogP contribution is 2.25. The van der Waals surface area contributed by atoms with E-state index in [0.29, 0.717) is 18.9 Å². The van der Waals surface area contributed by atoms with Crippen LogP contribution in [0.25, 0.3) is 0 Å². The molecule has 0 aromatic rings. The van der Waals surface area contributed by atoms with Crippen molar-refractivity contribution in [2.75, 3.05) is 13.2 Å². The molecule has 0 saturated carbocycles. The summed E-state index contributed by atoms with van der Waals surface area (Å²) < 4.78 is 4.72. The van der Waals surface area contributed by atoms with E-state index in [2.05, 4.69) is 33.0 Å². The van der Waals surface area contributed by atoms with Gasteiger partial charge in [-0.25, -0.2) is 0 Å². The van der Waals surface area contributed by atoms with Gasteiger partial charge in [-0.2, -0.15) is 0 Å². The highest BCUT2D eigenvalue weighted by molar-refractivity contribution is 5.81. The van der Waals surface area contributed by atoms with E-state index in [4.69, 9.17) is 4.74 Å². The smallest absolute Gasteiger partial charge is 0.325 e. The number of esters is 1. The first-order chi connectivity index (χ1) is 7.74. The van der Waals surface area contributed by atoms with Crippen LogP contribution in [0.15, 0.2) is 0 Å². The summed E-state index contributed by atoms with van der Waals surface area (Å²) in [5.41, 5.74) is 0.223. The second kappa shape index (κ2) is 7.30. The Hall–Kier alpha value is -1.06. The van der Waals surface area contributed by atoms with Gasteiger partial charge in [-0.1, -0.05) is 27.7 Å². The van der Waals surface area contributed by atoms with Crippen molar-refractivity contribution in [1.29, 1.82) is 0 Å². The fraction of sp³-hybridized carbons (Fsp3) is 0.846. The largest absolute Gasteiger partial charge is 0.465 e. The summed E-state index contributed by atoms with van der Waals surface area (Å²) in [7, 11) is 0. The number of ether oxygens (including phenoxy) is 1. The first kappa shape index (κ1) is 15.9. The van der Waals surface area contributed by atoms with E-state index in [0.717, 1.165) is 6.42 Å². The van der Waals surface area contributed by atoms with Crippen molar-refractivity contribution in [3.8, 4) is 0 Å². The van der Waals surface area contributed by atoms with Crippen LogP contribution >= 0.6 is 0 Å². The van der Waals surface area contributed by atoms with Crippen LogP contribution in [0.3, 0.4) is 0 Å². The van der Waals surface area contributed by atoms with Gasteiger partial charge in [-0.05, 0) is 24.7 Å². The number of hydrogen-bond donors (Lipinski definition) is 1. The Morgan fingerprint density at radius 3 is 2.35 bits per heavy atom. The van der Waals surface area contributed by atoms with Gasteiger partial charge in [0.2, 0.25) is 5.91 Å². The average Bonchev–Trinajstić information content (AvgIpc) is 2.12. The van der Waals surface area contributed by atoms with Crippen LogP contribution in [0.2, 0.25) is 0 Å². The van der Waals surface area contributed by atoms with Crippen molar-refractivity contribution < 1.29 is 14.3 Å². The van der Waals surface area contributed by atoms with Crippen molar-refractivity contribution in [1.82, 2.24) is 5.32 Å². The topological polar surface area (TPSA) is 55.4 Å². The van der Waals surface area contributed by atoms with Crippen LogP contribution in [-0.4, -0.2) is 25.0 Å². The number of rotatable bonds is 6. The van der Waals surface area contributed by atoms with Gasteiger partial charge in [0, 0.05) is 6.42 Å². The molecule has 0 aliphatic carbocycles. The molecule has 0 aliphatic rings. The summed E-state index contributed by atoms with van der Waals surface area (Å²) in [4.78, 5) is 22.6. The lowest BCUT2D eigenvalue weighted by Crippen LogP contribution is -2.32. The minimum absolute atomic E-state index is 0.0328. The molecule has 0 spiro atoms. The molecular weight excluding hydrogens is 218 g/mol. The van der Waals surface area contributed by atoms with Gasteiger partial charge in [0.1, 0.15) is 6.54 Å². The van der Waals surface area contributed by atoms with Crippen LogP contribution < -0.4 is 5.32 Å². The Bertz CT molecular complexity index is 256. The number of carbonyl (C=O) groups excluding carboxylic acids is 2. The summed E-state index contributed by atoms with van der Waals surface area (Å²) >= 11 is 0. The molecule has 1 N–H and O–H groups in total. The van der Waals surface area contributed by atoms with Crippen LogP contribution in [0.5, 0.6) is 0 Å². The van der Waals surface area contributed by atoms with Crippen LogP contribution in [0, 0.1) is 11.3 Å². The van der Waals surface area contributed by atoms with Gasteiger partial charge >= 0.3 is 5.97 Å². The fourth-order valence-corrected chi connectivity index (χ4v) is 1.89. The zero-order chi connectivity index (χ0) is 13.5. The fourth-order valence-electron chi connectivity index (χ4n) is 1.89. The molecule has 100 valence electrons. The van der Waals surface area contributed by atoms with E-state index in [-0.39, 0.29) is 23.8 Å². The monoisotopic (exact) mass is 243 g/mol. The normalized spacial score (nSPS) is 13.0. The highest BCUT2D eigenvalue weighted by Gasteiger charge is 2.17. The molecule has 0 bridgehead atoms. The average molecular weight is 243 g/mol. The number of hydrogen-bond acceptors (Lipinski definition) is 3. The van der Waals surface area contributed by atoms with E-state index in [9.17, 15) is 9.59 Å². The van der Waals surface area contributed by atoms with Crippen LogP contribution in [0.1, 0.15) is 47.5 Å². The minimum Gasteiger partial charge on any atom is -0.465 e. The summed E-state index contributed by atoms with van der Waals surface area (Å²) in [5, 5.41) is 2.57. The second-order valence-corrected chi connectivity index (χ2v) is 5.66. The van der Waals surface area contributed by atoms with Crippen molar-refractivity contribution in [3.63, 3.8) is 0 Å². The van der Waals surface area contributed by atoms with Crippen molar-refractivity contribution in [3.05, 3.63) is 0 Å². The second-order valence-electron chi connectivity index (χ2n) is 5.66. The molecule has 17 heavy (non-hydrogen) atoms. The first-order valence-corrected chi connectivity index (χ1v) is 6.17. The maximum Gasteiger partial charge on any atom is 0.325 e. The molecule has 0 aliphatic heterocycles. The van der Waals surface area contributed by atoms with Gasteiger partial charge < -0.3 is 10.1 Å². The molecule has 0 heterocycles. The standard InChI is InChI=1S/C13H25NO3/c1-6-17-12(16)9-14-11(15)7-10(2)8-13(3,4)5/h10H,6-9H2,1-5H3,(H,14,15). The first-order valence-electron chi connectivity index (χ1n) is 6.17. The predicted molar refractivity (Wildman–Crippen MR) is 67.5 cm³/mol. The Balaban J connectivity index is 3.82. The lowest BCUT2D eigenvalue weighted by Gasteiger charge is -2.22. The van der Waals surface area contributed by atoms with Gasteiger partial charge in [0.05, 0.1) is 6.61 Å². The highest BCUT2D eigenvalue weighted by atomic mass is 16.5. The third-order valence-electron chi connectivity index (χ3n) is 2.23. The van der Waals surface area contributed by atoms with E-state index < -0.39 is 0 Å². The molecule has 0 saturated heterocycles. The zero-order valence-corrected chi connectivity index (χ0v) is 11.6. The third kappa shape index (κ3) is 9.85. The Morgan fingerprint density at radius 2 is 1.88 bits per heavy atom. The summed E-state index contributed by atoms with van der Waals surface area (Å²) in [6.45, 7) is 10.6. The Kier molecular flexibility index (Phi) is 6.85. The van der Waals surface area contributed by atoms with Gasteiger partial charge in [-0.3, -0.25) is 9.59 Å². The van der Waals surface area contributed by atoms with E-state index in [1.807, 2.05) is 0 Å². The SMILES string of the molecule is CCOC(=O)CNC(=O)CC(C)CC(C)(C)C. The Labute approximate surface area is 104 Å². The number of carbonyl (C=O) groups is 2. The molecule has 1 atom stereocenters. The van der Waals surface area contributed by atoms with Gasteiger partial charge in [0.25, 0.3) is 0 Å². The lowest BCUT2D eigenvalue weighted by molar-refractivity contribution is -0.143. The van der Waals surface area contributed by atoms with E-state index in [1.165, 1.54) is 0 Å². The van der Waals surface area contributed by atoms with Crippen molar-refractivity contribution >= 4 is 11.9 Å². The molecule has 0 radical (unpaired) electrons. The predicted octanol–water partition coefficient (Wildman–Crippen LogP) is 2.13. The van der Waals surface area contributed by atoms with E-state index in [1.54, 1.807) is 6.92 Å². The van der Waals surface area contributed by atoms with Crippen LogP contribution in [-0.2, 0) is 14.3 Å². The molecule has 0 fully saturated rings. The van der Waals surface area contributed by atoms with Gasteiger partial charge in [-0.15, -0.1) is 0 Å². The minimum atomic E-state index is -0.385. The molecular formula is C13H25NO3. The molecule has 1 unspecified atom stereocenters. The van der Waals surface area contributed by atoms with Crippen molar-refractivity contribution in [2.24, 2.45) is 11.3 Å². The molecule has 0 aromatic carbocycles. The molecule has 0 aromatic heterocycles. The summed E-state index contributed by atoms with van der Waals surface area (Å²) in [6.07, 6.45) is 1.44. The summed E-state index contributed by atoms with van der Waals surface area (Å²) in [5.74, 6) is -0.156. The molecule has 0 rings (SSSR count). The molecule has 4 heteroatoms. The summed E-state index contributed by atoms with van der Waals surface area (Å²) in [6, 6.07) is 0. The molecule has 4 nitrogen and oxygen atoms in total. The zero-order valence-electron chi connectivity index (χ0n) is 11.6. The maximum absolute atomic E-state index is 11.5. The van der Waals surface area contributed by atoms with Gasteiger partial charge in [0.15, 0.2) is 0 Å².